The van der Waals surface area contributed by atoms with Gasteiger partial charge in [-0.3, -0.25) is 0 Å². The fraction of sp³-hybridized carbons (Fsp3) is 0.300. The van der Waals surface area contributed by atoms with Gasteiger partial charge >= 0.3 is 0 Å². The first-order chi connectivity index (χ1) is 6.40. The van der Waals surface area contributed by atoms with Gasteiger partial charge in [0.25, 0.3) is 0 Å². The second-order valence-corrected chi connectivity index (χ2v) is 3.01. The first kappa shape index (κ1) is 10.8. The van der Waals surface area contributed by atoms with Crippen LogP contribution < -0.4 is 10.1 Å². The third-order valence-corrected chi connectivity index (χ3v) is 2.05. The molecule has 0 unspecified atom stereocenters. The maximum atomic E-state index is 8.78. The van der Waals surface area contributed by atoms with E-state index in [0.29, 0.717) is 11.3 Å². The highest BCUT2D eigenvalue weighted by molar-refractivity contribution is 5.85. The molecule has 0 saturated carbocycles. The van der Waals surface area contributed by atoms with Gasteiger partial charge in [0.05, 0.1) is 5.56 Å². The second kappa shape index (κ2) is 4.85. The van der Waals surface area contributed by atoms with E-state index in [-0.39, 0.29) is 18.5 Å². The zero-order valence-corrected chi connectivity index (χ0v) is 8.38. The van der Waals surface area contributed by atoms with E-state index in [1.807, 2.05) is 18.2 Å². The van der Waals surface area contributed by atoms with Crippen molar-refractivity contribution in [3.8, 4) is 11.8 Å². The quantitative estimate of drug-likeness (QED) is 0.801. The average molecular weight is 211 g/mol. The summed E-state index contributed by atoms with van der Waals surface area (Å²) in [6.45, 7) is 1.75. The van der Waals surface area contributed by atoms with Gasteiger partial charge in [0, 0.05) is 13.1 Å². The Balaban J connectivity index is 0.000000980. The lowest BCUT2D eigenvalue weighted by Gasteiger charge is -2.28. The lowest BCUT2D eigenvalue weighted by Crippen LogP contribution is -2.50. The summed E-state index contributed by atoms with van der Waals surface area (Å²) in [4.78, 5) is 0. The molecule has 1 aliphatic heterocycles. The van der Waals surface area contributed by atoms with Crippen LogP contribution in [0, 0.1) is 11.3 Å². The molecule has 74 valence electrons. The van der Waals surface area contributed by atoms with Crippen LogP contribution in [0.5, 0.6) is 5.75 Å². The van der Waals surface area contributed by atoms with Crippen molar-refractivity contribution in [2.24, 2.45) is 0 Å². The summed E-state index contributed by atoms with van der Waals surface area (Å²) in [5.74, 6) is 0.691. The average Bonchev–Trinajstić information content (AvgIpc) is 2.12. The normalized spacial score (nSPS) is 14.8. The van der Waals surface area contributed by atoms with Crippen molar-refractivity contribution in [1.29, 1.82) is 5.26 Å². The minimum absolute atomic E-state index is 0. The fourth-order valence-corrected chi connectivity index (χ4v) is 1.19. The maximum absolute atomic E-state index is 8.78. The molecular formula is C10H11ClN2O. The van der Waals surface area contributed by atoms with E-state index in [1.54, 1.807) is 6.07 Å². The minimum atomic E-state index is 0. The molecule has 1 N–H and O–H groups in total. The largest absolute Gasteiger partial charge is 0.486 e. The molecule has 0 spiro atoms. The van der Waals surface area contributed by atoms with Crippen LogP contribution in [-0.4, -0.2) is 19.2 Å². The zero-order valence-electron chi connectivity index (χ0n) is 7.56. The highest BCUT2D eigenvalue weighted by Crippen LogP contribution is 2.18. The number of hydrogen-bond donors (Lipinski definition) is 1. The Kier molecular flexibility index (Phi) is 3.75. The number of ether oxygens (including phenoxy) is 1. The summed E-state index contributed by atoms with van der Waals surface area (Å²) in [6.07, 6.45) is 0.231. The molecule has 3 nitrogen and oxygen atoms in total. The van der Waals surface area contributed by atoms with Crippen LogP contribution in [0.15, 0.2) is 24.3 Å². The molecule has 0 aliphatic carbocycles. The topological polar surface area (TPSA) is 45.0 Å². The van der Waals surface area contributed by atoms with E-state index in [2.05, 4.69) is 11.4 Å². The Bertz CT molecular complexity index is 344. The summed E-state index contributed by atoms with van der Waals surface area (Å²) in [7, 11) is 0. The van der Waals surface area contributed by atoms with Gasteiger partial charge in [-0.2, -0.15) is 5.26 Å². The van der Waals surface area contributed by atoms with Crippen LogP contribution in [0.3, 0.4) is 0 Å². The standard InChI is InChI=1S/C10H10N2O.ClH/c11-5-8-3-1-2-4-10(8)13-9-6-12-7-9;/h1-4,9,12H,6-7H2;1H. The monoisotopic (exact) mass is 210 g/mol. The van der Waals surface area contributed by atoms with Gasteiger partial charge in [-0.1, -0.05) is 12.1 Å². The molecule has 1 aliphatic rings. The van der Waals surface area contributed by atoms with E-state index in [1.165, 1.54) is 0 Å². The molecular weight excluding hydrogens is 200 g/mol. The summed E-state index contributed by atoms with van der Waals surface area (Å²) in [5.41, 5.74) is 0.606. The summed E-state index contributed by atoms with van der Waals surface area (Å²) in [5, 5.41) is 11.9. The van der Waals surface area contributed by atoms with Crippen molar-refractivity contribution in [2.45, 2.75) is 6.10 Å². The SMILES string of the molecule is Cl.N#Cc1ccccc1OC1CNC1. The van der Waals surface area contributed by atoms with E-state index in [0.717, 1.165) is 13.1 Å². The molecule has 0 amide bonds. The van der Waals surface area contributed by atoms with Crippen molar-refractivity contribution in [2.75, 3.05) is 13.1 Å². The van der Waals surface area contributed by atoms with Crippen molar-refractivity contribution in [3.05, 3.63) is 29.8 Å². The highest BCUT2D eigenvalue weighted by atomic mass is 35.5. The maximum Gasteiger partial charge on any atom is 0.137 e. The van der Waals surface area contributed by atoms with Gasteiger partial charge in [0.2, 0.25) is 0 Å². The van der Waals surface area contributed by atoms with E-state index in [9.17, 15) is 0 Å². The summed E-state index contributed by atoms with van der Waals surface area (Å²) >= 11 is 0. The van der Waals surface area contributed by atoms with Gasteiger partial charge in [-0.05, 0) is 12.1 Å². The lowest BCUT2D eigenvalue weighted by molar-refractivity contribution is 0.142. The fourth-order valence-electron chi connectivity index (χ4n) is 1.19. The molecule has 1 aromatic rings. The van der Waals surface area contributed by atoms with Crippen LogP contribution in [-0.2, 0) is 0 Å². The second-order valence-electron chi connectivity index (χ2n) is 3.01. The van der Waals surface area contributed by atoms with E-state index >= 15 is 0 Å². The summed E-state index contributed by atoms with van der Waals surface area (Å²) < 4.78 is 5.59. The molecule has 4 heteroatoms. The highest BCUT2D eigenvalue weighted by Gasteiger charge is 2.19. The molecule has 1 fully saturated rings. The van der Waals surface area contributed by atoms with Gasteiger partial charge in [-0.15, -0.1) is 12.4 Å². The molecule has 1 saturated heterocycles. The summed E-state index contributed by atoms with van der Waals surface area (Å²) in [6, 6.07) is 9.41. The number of nitrogens with one attached hydrogen (secondary N) is 1. The van der Waals surface area contributed by atoms with Crippen LogP contribution in [0.2, 0.25) is 0 Å². The number of benzene rings is 1. The molecule has 1 aromatic carbocycles. The molecule has 0 aromatic heterocycles. The predicted molar refractivity (Wildman–Crippen MR) is 55.7 cm³/mol. The van der Waals surface area contributed by atoms with Crippen molar-refractivity contribution < 1.29 is 4.74 Å². The first-order valence-electron chi connectivity index (χ1n) is 4.26. The lowest BCUT2D eigenvalue weighted by atomic mass is 10.2. The van der Waals surface area contributed by atoms with Gasteiger partial charge in [0.15, 0.2) is 0 Å². The van der Waals surface area contributed by atoms with Crippen LogP contribution >= 0.6 is 12.4 Å². The smallest absolute Gasteiger partial charge is 0.137 e. The van der Waals surface area contributed by atoms with Crippen molar-refractivity contribution in [1.82, 2.24) is 5.32 Å². The first-order valence-corrected chi connectivity index (χ1v) is 4.26. The third-order valence-electron chi connectivity index (χ3n) is 2.05. The number of hydrogen-bond acceptors (Lipinski definition) is 3. The van der Waals surface area contributed by atoms with Crippen molar-refractivity contribution >= 4 is 12.4 Å². The van der Waals surface area contributed by atoms with Crippen molar-refractivity contribution in [3.63, 3.8) is 0 Å². The number of rotatable bonds is 2. The number of halogens is 1. The van der Waals surface area contributed by atoms with Gasteiger partial charge in [0.1, 0.15) is 17.9 Å². The Morgan fingerprint density at radius 1 is 1.36 bits per heavy atom. The molecule has 0 bridgehead atoms. The minimum Gasteiger partial charge on any atom is -0.486 e. The van der Waals surface area contributed by atoms with E-state index < -0.39 is 0 Å². The number of nitriles is 1. The van der Waals surface area contributed by atoms with Crippen LogP contribution in [0.25, 0.3) is 0 Å². The zero-order chi connectivity index (χ0) is 9.10. The van der Waals surface area contributed by atoms with Gasteiger partial charge in [-0.25, -0.2) is 0 Å². The third kappa shape index (κ3) is 2.16. The van der Waals surface area contributed by atoms with Gasteiger partial charge < -0.3 is 10.1 Å². The molecule has 14 heavy (non-hydrogen) atoms. The molecule has 1 heterocycles. The van der Waals surface area contributed by atoms with Crippen LogP contribution in [0.1, 0.15) is 5.56 Å². The Hall–Kier alpha value is -1.24. The Morgan fingerprint density at radius 3 is 2.64 bits per heavy atom. The molecule has 0 atom stereocenters. The Morgan fingerprint density at radius 2 is 2.07 bits per heavy atom. The molecule has 2 rings (SSSR count). The predicted octanol–water partition coefficient (Wildman–Crippen LogP) is 1.33. The molecule has 0 radical (unpaired) electrons. The number of para-hydroxylation sites is 1. The number of nitrogens with zero attached hydrogens (tertiary/aromatic N) is 1. The Labute approximate surface area is 89.1 Å². The van der Waals surface area contributed by atoms with Crippen LogP contribution in [0.4, 0.5) is 0 Å². The van der Waals surface area contributed by atoms with E-state index in [4.69, 9.17) is 10.00 Å².